The first-order chi connectivity index (χ1) is 4.81. The molecule has 0 amide bonds. The third kappa shape index (κ3) is 6.24. The maximum Gasteiger partial charge on any atom is -0.0624 e. The maximum absolute atomic E-state index is 7.00. The zero-order valence-corrected chi connectivity index (χ0v) is 7.61. The topological polar surface area (TPSA) is 23.8 Å². The second kappa shape index (κ2) is 7.23. The fourth-order valence-corrected chi connectivity index (χ4v) is 0.438. The molecular formula is C6H6Cl2FeN. The van der Waals surface area contributed by atoms with Crippen molar-refractivity contribution >= 4 is 25.9 Å². The van der Waals surface area contributed by atoms with E-state index in [9.17, 15) is 0 Å². The summed E-state index contributed by atoms with van der Waals surface area (Å²) in [7, 11) is 9.53. The van der Waals surface area contributed by atoms with Gasteiger partial charge in [-0.15, -0.1) is 5.69 Å². The van der Waals surface area contributed by atoms with Crippen LogP contribution in [0, 0.1) is 0 Å². The van der Waals surface area contributed by atoms with Crippen LogP contribution in [0.4, 0.5) is 5.69 Å². The third-order valence-corrected chi connectivity index (χ3v) is 0.774. The molecule has 0 heterocycles. The molecule has 0 spiro atoms. The summed E-state index contributed by atoms with van der Waals surface area (Å²) >= 11 is 0.194. The van der Waals surface area contributed by atoms with Crippen molar-refractivity contribution in [1.82, 2.24) is 0 Å². The summed E-state index contributed by atoms with van der Waals surface area (Å²) in [6.45, 7) is 0. The molecule has 0 aromatic heterocycles. The van der Waals surface area contributed by atoms with Gasteiger partial charge in [0.1, 0.15) is 0 Å². The van der Waals surface area contributed by atoms with E-state index >= 15 is 0 Å². The van der Waals surface area contributed by atoms with Crippen LogP contribution in [-0.2, 0) is 13.1 Å². The molecule has 0 bridgehead atoms. The smallest absolute Gasteiger partial charge is 0.0624 e. The summed E-state index contributed by atoms with van der Waals surface area (Å²) in [6.07, 6.45) is 0. The molecule has 0 saturated carbocycles. The second-order valence-corrected chi connectivity index (χ2v) is 3.24. The van der Waals surface area contributed by atoms with Crippen LogP contribution in [0.3, 0.4) is 0 Å². The Kier molecular flexibility index (Phi) is 7.32. The van der Waals surface area contributed by atoms with Crippen LogP contribution in [0.2, 0.25) is 0 Å². The minimum atomic E-state index is 0.194. The van der Waals surface area contributed by atoms with Gasteiger partial charge in [0.25, 0.3) is 0 Å². The van der Waals surface area contributed by atoms with Gasteiger partial charge in [-0.1, -0.05) is 30.3 Å². The fraction of sp³-hybridized carbons (Fsp3) is 0. The molecule has 0 saturated heterocycles. The largest absolute Gasteiger partial charge is 0.699 e. The number of halogens is 2. The zero-order chi connectivity index (χ0) is 7.82. The average molecular weight is 219 g/mol. The predicted molar refractivity (Wildman–Crippen MR) is 42.1 cm³/mol. The molecule has 0 unspecified atom stereocenters. The molecule has 0 fully saturated rings. The van der Waals surface area contributed by atoms with Crippen LogP contribution in [0.15, 0.2) is 30.3 Å². The molecular weight excluding hydrogens is 213 g/mol. The van der Waals surface area contributed by atoms with Crippen LogP contribution >= 0.6 is 20.2 Å². The van der Waals surface area contributed by atoms with Gasteiger partial charge in [-0.3, -0.25) is 0 Å². The average Bonchev–Trinajstić information content (AvgIpc) is 1.91. The zero-order valence-electron chi connectivity index (χ0n) is 5.00. The van der Waals surface area contributed by atoms with Crippen molar-refractivity contribution < 1.29 is 13.1 Å². The van der Waals surface area contributed by atoms with Gasteiger partial charge in [-0.05, 0) is 0 Å². The molecule has 1 rings (SSSR count). The third-order valence-electron chi connectivity index (χ3n) is 0.774. The molecule has 0 aliphatic heterocycles. The molecule has 1 aromatic carbocycles. The van der Waals surface area contributed by atoms with E-state index in [1.54, 1.807) is 12.1 Å². The van der Waals surface area contributed by atoms with E-state index in [2.05, 4.69) is 0 Å². The molecule has 0 atom stereocenters. The molecule has 0 aliphatic carbocycles. The summed E-state index contributed by atoms with van der Waals surface area (Å²) in [5, 5.41) is 0. The molecule has 1 N–H and O–H groups in total. The Balaban J connectivity index is 0.000000236. The normalized spacial score (nSPS) is 7.80. The summed E-state index contributed by atoms with van der Waals surface area (Å²) in [6, 6.07) is 9.10. The molecule has 4 heteroatoms. The van der Waals surface area contributed by atoms with Crippen molar-refractivity contribution in [3.05, 3.63) is 36.1 Å². The van der Waals surface area contributed by atoms with E-state index in [-0.39, 0.29) is 13.1 Å². The van der Waals surface area contributed by atoms with Gasteiger partial charge in [0.05, 0.1) is 0 Å². The van der Waals surface area contributed by atoms with E-state index in [1.807, 2.05) is 18.2 Å². The van der Waals surface area contributed by atoms with E-state index in [0.29, 0.717) is 5.69 Å². The van der Waals surface area contributed by atoms with Gasteiger partial charge in [0.15, 0.2) is 0 Å². The molecule has 0 aliphatic rings. The molecule has 57 valence electrons. The fourth-order valence-electron chi connectivity index (χ4n) is 0.438. The van der Waals surface area contributed by atoms with Crippen LogP contribution < -0.4 is 0 Å². The van der Waals surface area contributed by atoms with Crippen molar-refractivity contribution in [3.8, 4) is 0 Å². The van der Waals surface area contributed by atoms with Gasteiger partial charge in [-0.25, -0.2) is 0 Å². The van der Waals surface area contributed by atoms with Crippen LogP contribution in [0.5, 0.6) is 0 Å². The van der Waals surface area contributed by atoms with Gasteiger partial charge in [0.2, 0.25) is 0 Å². The van der Waals surface area contributed by atoms with Crippen molar-refractivity contribution in [1.29, 1.82) is 0 Å². The molecule has 10 heavy (non-hydrogen) atoms. The van der Waals surface area contributed by atoms with Crippen molar-refractivity contribution in [3.63, 3.8) is 0 Å². The first kappa shape index (κ1) is 10.1. The van der Waals surface area contributed by atoms with Crippen LogP contribution in [0.25, 0.3) is 5.73 Å². The number of benzene rings is 1. The Bertz CT molecular complexity index is 157. The summed E-state index contributed by atoms with van der Waals surface area (Å²) in [5.41, 5.74) is 7.57. The van der Waals surface area contributed by atoms with Crippen molar-refractivity contribution in [2.45, 2.75) is 0 Å². The SMILES string of the molecule is [Cl][Fe+][Cl].[NH-]c1ccccc1. The van der Waals surface area contributed by atoms with E-state index in [1.165, 1.54) is 0 Å². The molecule has 1 nitrogen and oxygen atoms in total. The second-order valence-electron chi connectivity index (χ2n) is 1.42. The summed E-state index contributed by atoms with van der Waals surface area (Å²) in [5.74, 6) is 0. The van der Waals surface area contributed by atoms with Gasteiger partial charge in [-0.2, -0.15) is 0 Å². The van der Waals surface area contributed by atoms with Gasteiger partial charge >= 0.3 is 33.3 Å². The van der Waals surface area contributed by atoms with Crippen molar-refractivity contribution in [2.24, 2.45) is 0 Å². The van der Waals surface area contributed by atoms with Gasteiger partial charge < -0.3 is 5.73 Å². The van der Waals surface area contributed by atoms with Gasteiger partial charge in [0, 0.05) is 0 Å². The summed E-state index contributed by atoms with van der Waals surface area (Å²) < 4.78 is 0. The Morgan fingerprint density at radius 1 is 1.10 bits per heavy atom. The monoisotopic (exact) mass is 218 g/mol. The van der Waals surface area contributed by atoms with Crippen LogP contribution in [-0.4, -0.2) is 0 Å². The number of hydrogen-bond donors (Lipinski definition) is 0. The van der Waals surface area contributed by atoms with E-state index in [4.69, 9.17) is 25.9 Å². The number of nitrogens with one attached hydrogen (secondary N) is 1. The predicted octanol–water partition coefficient (Wildman–Crippen LogP) is 3.75. The van der Waals surface area contributed by atoms with E-state index < -0.39 is 0 Å². The van der Waals surface area contributed by atoms with Crippen LogP contribution in [0.1, 0.15) is 0 Å². The quantitative estimate of drug-likeness (QED) is 0.593. The van der Waals surface area contributed by atoms with Crippen molar-refractivity contribution in [2.75, 3.05) is 0 Å². The minimum absolute atomic E-state index is 0.194. The Hall–Kier alpha value is 0.119. The Labute approximate surface area is 75.1 Å². The molecule has 0 radical (unpaired) electrons. The first-order valence-corrected chi connectivity index (χ1v) is 5.47. The Morgan fingerprint density at radius 3 is 1.70 bits per heavy atom. The molecule has 1 aromatic rings. The summed E-state index contributed by atoms with van der Waals surface area (Å²) in [4.78, 5) is 0. The van der Waals surface area contributed by atoms with E-state index in [0.717, 1.165) is 0 Å². The Morgan fingerprint density at radius 2 is 1.50 bits per heavy atom. The first-order valence-electron chi connectivity index (χ1n) is 2.43. The number of hydrogen-bond acceptors (Lipinski definition) is 0. The number of rotatable bonds is 0. The standard InChI is InChI=1S/C6H6N.2ClH.Fe/c7-6-4-2-1-3-5-6;;;/h1-5,7H;2*1H;/q-1;;;+3/p-2. The minimum Gasteiger partial charge on any atom is -0.699 e. The maximum atomic E-state index is 7.00.